The third kappa shape index (κ3) is 3.59. The highest BCUT2D eigenvalue weighted by Crippen LogP contribution is 2.28. The van der Waals surface area contributed by atoms with Crippen molar-refractivity contribution in [2.45, 2.75) is 46.6 Å². The second-order valence-electron chi connectivity index (χ2n) is 8.12. The van der Waals surface area contributed by atoms with Crippen LogP contribution < -0.4 is 10.6 Å². The van der Waals surface area contributed by atoms with Crippen LogP contribution in [0.5, 0.6) is 0 Å². The zero-order valence-electron chi connectivity index (χ0n) is 16.9. The number of hydrogen-bond acceptors (Lipinski definition) is 4. The molecule has 1 aliphatic carbocycles. The number of benzene rings is 1. The van der Waals surface area contributed by atoms with Crippen LogP contribution in [0.25, 0.3) is 16.9 Å². The first-order valence-corrected chi connectivity index (χ1v) is 9.92. The van der Waals surface area contributed by atoms with Crippen molar-refractivity contribution in [3.63, 3.8) is 0 Å². The van der Waals surface area contributed by atoms with Gasteiger partial charge in [0.1, 0.15) is 0 Å². The molecule has 1 aliphatic rings. The van der Waals surface area contributed by atoms with Crippen LogP contribution in [-0.2, 0) is 0 Å². The number of carbonyl (C=O) groups is 1. The van der Waals surface area contributed by atoms with Crippen LogP contribution in [0.3, 0.4) is 0 Å². The summed E-state index contributed by atoms with van der Waals surface area (Å²) in [5.74, 6) is 1.35. The summed E-state index contributed by atoms with van der Waals surface area (Å²) in [4.78, 5) is 21.6. The van der Waals surface area contributed by atoms with Crippen molar-refractivity contribution < 1.29 is 4.79 Å². The molecule has 2 aromatic heterocycles. The Hall–Kier alpha value is -2.89. The van der Waals surface area contributed by atoms with E-state index in [-0.39, 0.29) is 5.91 Å². The van der Waals surface area contributed by atoms with E-state index in [1.54, 1.807) is 6.20 Å². The molecule has 146 valence electrons. The Morgan fingerprint density at radius 1 is 1.21 bits per heavy atom. The van der Waals surface area contributed by atoms with Crippen molar-refractivity contribution in [2.24, 2.45) is 5.92 Å². The molecule has 0 spiro atoms. The molecule has 0 bridgehead atoms. The van der Waals surface area contributed by atoms with Gasteiger partial charge >= 0.3 is 0 Å². The quantitative estimate of drug-likeness (QED) is 0.682. The number of anilines is 1. The third-order valence-corrected chi connectivity index (χ3v) is 5.07. The number of nitrogens with zero attached hydrogens (tertiary/aromatic N) is 3. The van der Waals surface area contributed by atoms with Crippen LogP contribution in [0.2, 0.25) is 0 Å². The minimum absolute atomic E-state index is 0.0339. The standard InChI is InChI=1S/C22H27N5O/c1-13(2)11-24-20-21-25-12-18(27(21)8-7-23-20)16-9-14(3)19(15(4)10-16)22(28)26-17-5-6-17/h7-10,12-13,17H,5-6,11H2,1-4H3,(H,23,24)(H,26,28). The van der Waals surface area contributed by atoms with Crippen LogP contribution in [0.4, 0.5) is 5.82 Å². The summed E-state index contributed by atoms with van der Waals surface area (Å²) in [5.41, 5.74) is 5.59. The first kappa shape index (κ1) is 18.5. The summed E-state index contributed by atoms with van der Waals surface area (Å²) >= 11 is 0. The SMILES string of the molecule is Cc1cc(-c2cnc3c(NCC(C)C)nccn23)cc(C)c1C(=O)NC1CC1. The van der Waals surface area contributed by atoms with Crippen LogP contribution >= 0.6 is 0 Å². The maximum Gasteiger partial charge on any atom is 0.252 e. The van der Waals surface area contributed by atoms with E-state index < -0.39 is 0 Å². The van der Waals surface area contributed by atoms with Crippen molar-refractivity contribution in [1.29, 1.82) is 0 Å². The van der Waals surface area contributed by atoms with Gasteiger partial charge in [0, 0.05) is 36.1 Å². The number of imidazole rings is 1. The van der Waals surface area contributed by atoms with Gasteiger partial charge in [0.05, 0.1) is 11.9 Å². The Morgan fingerprint density at radius 3 is 2.57 bits per heavy atom. The van der Waals surface area contributed by atoms with Crippen molar-refractivity contribution in [1.82, 2.24) is 19.7 Å². The maximum absolute atomic E-state index is 12.6. The van der Waals surface area contributed by atoms with Gasteiger partial charge in [-0.25, -0.2) is 9.97 Å². The van der Waals surface area contributed by atoms with Crippen molar-refractivity contribution in [2.75, 3.05) is 11.9 Å². The fraction of sp³-hybridized carbons (Fsp3) is 0.409. The second kappa shape index (κ2) is 7.26. The Balaban J connectivity index is 1.70. The largest absolute Gasteiger partial charge is 0.367 e. The van der Waals surface area contributed by atoms with E-state index in [9.17, 15) is 4.79 Å². The normalized spacial score (nSPS) is 13.9. The molecule has 28 heavy (non-hydrogen) atoms. The fourth-order valence-electron chi connectivity index (χ4n) is 3.51. The average molecular weight is 377 g/mol. The number of aromatic nitrogens is 3. The van der Waals surface area contributed by atoms with Gasteiger partial charge in [0.25, 0.3) is 5.91 Å². The summed E-state index contributed by atoms with van der Waals surface area (Å²) < 4.78 is 2.05. The lowest BCUT2D eigenvalue weighted by Crippen LogP contribution is -2.26. The van der Waals surface area contributed by atoms with E-state index in [4.69, 9.17) is 0 Å². The molecule has 1 fully saturated rings. The minimum Gasteiger partial charge on any atom is -0.367 e. The first-order valence-electron chi connectivity index (χ1n) is 9.92. The second-order valence-corrected chi connectivity index (χ2v) is 8.12. The lowest BCUT2D eigenvalue weighted by molar-refractivity contribution is 0.0950. The number of rotatable bonds is 6. The Morgan fingerprint density at radius 2 is 1.93 bits per heavy atom. The molecular weight excluding hydrogens is 350 g/mol. The van der Waals surface area contributed by atoms with E-state index in [2.05, 4.69) is 46.6 Å². The maximum atomic E-state index is 12.6. The van der Waals surface area contributed by atoms with Gasteiger partial charge in [0.15, 0.2) is 11.5 Å². The predicted molar refractivity (Wildman–Crippen MR) is 112 cm³/mol. The predicted octanol–water partition coefficient (Wildman–Crippen LogP) is 3.97. The molecule has 1 saturated carbocycles. The van der Waals surface area contributed by atoms with Gasteiger partial charge in [-0.1, -0.05) is 13.8 Å². The molecule has 6 heteroatoms. The Labute approximate surface area is 165 Å². The summed E-state index contributed by atoms with van der Waals surface area (Å²) in [6, 6.07) is 4.49. The molecule has 0 radical (unpaired) electrons. The molecule has 1 amide bonds. The van der Waals surface area contributed by atoms with Crippen LogP contribution in [0.1, 0.15) is 48.2 Å². The Bertz CT molecular complexity index is 1010. The highest BCUT2D eigenvalue weighted by molar-refractivity contribution is 5.98. The number of hydrogen-bond donors (Lipinski definition) is 2. The highest BCUT2D eigenvalue weighted by atomic mass is 16.1. The molecule has 3 aromatic rings. The lowest BCUT2D eigenvalue weighted by Gasteiger charge is -2.13. The number of nitrogens with one attached hydrogen (secondary N) is 2. The molecule has 4 rings (SSSR count). The summed E-state index contributed by atoms with van der Waals surface area (Å²) in [5, 5.41) is 6.47. The molecule has 0 atom stereocenters. The van der Waals surface area contributed by atoms with Gasteiger partial charge in [-0.05, 0) is 55.9 Å². The topological polar surface area (TPSA) is 71.3 Å². The molecule has 1 aromatic carbocycles. The van der Waals surface area contributed by atoms with E-state index >= 15 is 0 Å². The van der Waals surface area contributed by atoms with Crippen molar-refractivity contribution >= 4 is 17.4 Å². The summed E-state index contributed by atoms with van der Waals surface area (Å²) in [6.45, 7) is 9.17. The minimum atomic E-state index is 0.0339. The molecule has 0 unspecified atom stereocenters. The van der Waals surface area contributed by atoms with Crippen LogP contribution in [-0.4, -0.2) is 32.9 Å². The zero-order valence-corrected chi connectivity index (χ0v) is 16.9. The van der Waals surface area contributed by atoms with Gasteiger partial charge in [-0.15, -0.1) is 0 Å². The van der Waals surface area contributed by atoms with Gasteiger partial charge in [0.2, 0.25) is 0 Å². The van der Waals surface area contributed by atoms with E-state index in [0.717, 1.165) is 58.8 Å². The van der Waals surface area contributed by atoms with Crippen molar-refractivity contribution in [3.8, 4) is 11.3 Å². The van der Waals surface area contributed by atoms with E-state index in [1.165, 1.54) is 0 Å². The van der Waals surface area contributed by atoms with Gasteiger partial charge in [-0.2, -0.15) is 0 Å². The van der Waals surface area contributed by atoms with Crippen LogP contribution in [0, 0.1) is 19.8 Å². The summed E-state index contributed by atoms with van der Waals surface area (Å²) in [7, 11) is 0. The zero-order chi connectivity index (χ0) is 19.8. The smallest absolute Gasteiger partial charge is 0.252 e. The first-order chi connectivity index (χ1) is 13.4. The van der Waals surface area contributed by atoms with Gasteiger partial charge in [-0.3, -0.25) is 9.20 Å². The van der Waals surface area contributed by atoms with E-state index in [0.29, 0.717) is 12.0 Å². The molecular formula is C22H27N5O. The number of fused-ring (bicyclic) bond motifs is 1. The average Bonchev–Trinajstić information content (AvgIpc) is 3.33. The number of aryl methyl sites for hydroxylation is 2. The fourth-order valence-corrected chi connectivity index (χ4v) is 3.51. The monoisotopic (exact) mass is 377 g/mol. The molecule has 0 aliphatic heterocycles. The molecule has 2 N–H and O–H groups in total. The van der Waals surface area contributed by atoms with Crippen molar-refractivity contribution in [3.05, 3.63) is 47.4 Å². The van der Waals surface area contributed by atoms with Gasteiger partial charge < -0.3 is 10.6 Å². The Kier molecular flexibility index (Phi) is 4.79. The molecule has 2 heterocycles. The van der Waals surface area contributed by atoms with E-state index in [1.807, 2.05) is 30.6 Å². The number of carbonyl (C=O) groups excluding carboxylic acids is 1. The molecule has 0 saturated heterocycles. The number of amides is 1. The third-order valence-electron chi connectivity index (χ3n) is 5.07. The molecule has 6 nitrogen and oxygen atoms in total. The lowest BCUT2D eigenvalue weighted by atomic mass is 9.97. The van der Waals surface area contributed by atoms with Crippen LogP contribution in [0.15, 0.2) is 30.7 Å². The highest BCUT2D eigenvalue weighted by Gasteiger charge is 2.25. The summed E-state index contributed by atoms with van der Waals surface area (Å²) in [6.07, 6.45) is 7.76.